The summed E-state index contributed by atoms with van der Waals surface area (Å²) in [6.45, 7) is 2.66. The van der Waals surface area contributed by atoms with E-state index in [1.165, 1.54) is 11.6 Å². The molecule has 1 nitrogen and oxygen atoms in total. The van der Waals surface area contributed by atoms with Crippen molar-refractivity contribution >= 4 is 11.3 Å². The number of nitrogens with one attached hydrogen (secondary N) is 1. The molecule has 96 valence electrons. The summed E-state index contributed by atoms with van der Waals surface area (Å²) in [6, 6.07) is 8.84. The predicted molar refractivity (Wildman–Crippen MR) is 71.0 cm³/mol. The number of thiophene rings is 1. The molecule has 0 saturated heterocycles. The van der Waals surface area contributed by atoms with E-state index in [4.69, 9.17) is 0 Å². The molecule has 0 aliphatic rings. The van der Waals surface area contributed by atoms with Crippen LogP contribution in [0.15, 0.2) is 41.1 Å². The molecule has 1 N–H and O–H groups in total. The highest BCUT2D eigenvalue weighted by Gasteiger charge is 2.08. The number of alkyl halides is 2. The molecular formula is C14H15F2NS. The Kier molecular flexibility index (Phi) is 4.44. The molecule has 0 radical (unpaired) electrons. The second-order valence-electron chi connectivity index (χ2n) is 4.21. The number of benzene rings is 1. The van der Waals surface area contributed by atoms with Crippen LogP contribution in [0, 0.1) is 0 Å². The molecule has 0 aliphatic heterocycles. The Bertz CT molecular complexity index is 482. The zero-order chi connectivity index (χ0) is 13.0. The van der Waals surface area contributed by atoms with Gasteiger partial charge >= 0.3 is 0 Å². The van der Waals surface area contributed by atoms with Crippen molar-refractivity contribution in [3.05, 3.63) is 57.8 Å². The molecule has 1 aromatic carbocycles. The van der Waals surface area contributed by atoms with E-state index in [9.17, 15) is 8.78 Å². The quantitative estimate of drug-likeness (QED) is 0.838. The lowest BCUT2D eigenvalue weighted by atomic mass is 10.1. The molecule has 2 rings (SSSR count). The zero-order valence-electron chi connectivity index (χ0n) is 10.1. The van der Waals surface area contributed by atoms with Crippen LogP contribution in [0.25, 0.3) is 0 Å². The van der Waals surface area contributed by atoms with Gasteiger partial charge in [0, 0.05) is 18.2 Å². The molecule has 1 heterocycles. The van der Waals surface area contributed by atoms with E-state index in [0.717, 1.165) is 5.56 Å². The maximum absolute atomic E-state index is 12.6. The highest BCUT2D eigenvalue weighted by molar-refractivity contribution is 7.07. The van der Waals surface area contributed by atoms with Gasteiger partial charge < -0.3 is 5.32 Å². The minimum atomic E-state index is -2.40. The SMILES string of the molecule is CC(NCc1cccc(C(F)F)c1)c1ccsc1. The molecule has 0 saturated carbocycles. The van der Waals surface area contributed by atoms with Crippen molar-refractivity contribution in [3.63, 3.8) is 0 Å². The Morgan fingerprint density at radius 1 is 1.22 bits per heavy atom. The maximum atomic E-state index is 12.6. The van der Waals surface area contributed by atoms with Crippen LogP contribution in [-0.4, -0.2) is 0 Å². The van der Waals surface area contributed by atoms with Crippen LogP contribution >= 0.6 is 11.3 Å². The summed E-state index contributed by atoms with van der Waals surface area (Å²) in [5, 5.41) is 7.45. The molecule has 1 unspecified atom stereocenters. The smallest absolute Gasteiger partial charge is 0.263 e. The van der Waals surface area contributed by atoms with Gasteiger partial charge in [-0.2, -0.15) is 11.3 Å². The van der Waals surface area contributed by atoms with Gasteiger partial charge in [0.15, 0.2) is 0 Å². The highest BCUT2D eigenvalue weighted by atomic mass is 32.1. The third-order valence-electron chi connectivity index (χ3n) is 2.86. The number of halogens is 2. The third-order valence-corrected chi connectivity index (χ3v) is 3.56. The van der Waals surface area contributed by atoms with E-state index in [0.29, 0.717) is 6.54 Å². The first-order valence-corrected chi connectivity index (χ1v) is 6.73. The molecular weight excluding hydrogens is 252 g/mol. The molecule has 1 aromatic heterocycles. The summed E-state index contributed by atoms with van der Waals surface area (Å²) in [4.78, 5) is 0. The fraction of sp³-hybridized carbons (Fsp3) is 0.286. The summed E-state index contributed by atoms with van der Waals surface area (Å²) in [5.74, 6) is 0. The average Bonchev–Trinajstić information content (AvgIpc) is 2.90. The van der Waals surface area contributed by atoms with Crippen LogP contribution in [0.1, 0.15) is 36.1 Å². The van der Waals surface area contributed by atoms with Crippen LogP contribution in [0.2, 0.25) is 0 Å². The molecule has 0 bridgehead atoms. The van der Waals surface area contributed by atoms with Crippen molar-refractivity contribution in [3.8, 4) is 0 Å². The van der Waals surface area contributed by atoms with Gasteiger partial charge in [0.25, 0.3) is 6.43 Å². The van der Waals surface area contributed by atoms with Gasteiger partial charge in [-0.15, -0.1) is 0 Å². The highest BCUT2D eigenvalue weighted by Crippen LogP contribution is 2.20. The summed E-state index contributed by atoms with van der Waals surface area (Å²) in [6.07, 6.45) is -2.40. The molecule has 0 amide bonds. The molecule has 18 heavy (non-hydrogen) atoms. The van der Waals surface area contributed by atoms with Gasteiger partial charge in [-0.25, -0.2) is 8.78 Å². The third kappa shape index (κ3) is 3.37. The van der Waals surface area contributed by atoms with Crippen molar-refractivity contribution in [1.82, 2.24) is 5.32 Å². The number of hydrogen-bond acceptors (Lipinski definition) is 2. The number of hydrogen-bond donors (Lipinski definition) is 1. The Labute approximate surface area is 109 Å². The van der Waals surface area contributed by atoms with Crippen LogP contribution < -0.4 is 5.32 Å². The molecule has 0 spiro atoms. The maximum Gasteiger partial charge on any atom is 0.263 e. The van der Waals surface area contributed by atoms with Gasteiger partial charge in [-0.1, -0.05) is 18.2 Å². The average molecular weight is 267 g/mol. The lowest BCUT2D eigenvalue weighted by Gasteiger charge is -2.13. The Morgan fingerprint density at radius 3 is 2.72 bits per heavy atom. The lowest BCUT2D eigenvalue weighted by molar-refractivity contribution is 0.151. The first kappa shape index (κ1) is 13.2. The van der Waals surface area contributed by atoms with Crippen LogP contribution in [-0.2, 0) is 6.54 Å². The minimum Gasteiger partial charge on any atom is -0.306 e. The lowest BCUT2D eigenvalue weighted by Crippen LogP contribution is -2.17. The molecule has 4 heteroatoms. The van der Waals surface area contributed by atoms with E-state index < -0.39 is 6.43 Å². The topological polar surface area (TPSA) is 12.0 Å². The van der Waals surface area contributed by atoms with Gasteiger partial charge in [0.1, 0.15) is 0 Å². The van der Waals surface area contributed by atoms with E-state index in [-0.39, 0.29) is 11.6 Å². The van der Waals surface area contributed by atoms with Crippen LogP contribution in [0.3, 0.4) is 0 Å². The Morgan fingerprint density at radius 2 is 2.06 bits per heavy atom. The van der Waals surface area contributed by atoms with Crippen LogP contribution in [0.5, 0.6) is 0 Å². The largest absolute Gasteiger partial charge is 0.306 e. The second-order valence-corrected chi connectivity index (χ2v) is 4.99. The minimum absolute atomic E-state index is 0.0810. The molecule has 1 atom stereocenters. The van der Waals surface area contributed by atoms with Gasteiger partial charge in [0.05, 0.1) is 0 Å². The normalized spacial score (nSPS) is 12.9. The van der Waals surface area contributed by atoms with Gasteiger partial charge in [-0.3, -0.25) is 0 Å². The van der Waals surface area contributed by atoms with Crippen LogP contribution in [0.4, 0.5) is 8.78 Å². The first-order chi connectivity index (χ1) is 8.66. The first-order valence-electron chi connectivity index (χ1n) is 5.79. The van der Waals surface area contributed by atoms with E-state index >= 15 is 0 Å². The molecule has 0 aliphatic carbocycles. The summed E-state index contributed by atoms with van der Waals surface area (Å²) < 4.78 is 25.1. The summed E-state index contributed by atoms with van der Waals surface area (Å²) in [5.41, 5.74) is 2.19. The van der Waals surface area contributed by atoms with E-state index in [1.807, 2.05) is 11.4 Å². The fourth-order valence-corrected chi connectivity index (χ4v) is 2.50. The Balaban J connectivity index is 1.96. The summed E-state index contributed by atoms with van der Waals surface area (Å²) in [7, 11) is 0. The van der Waals surface area contributed by atoms with E-state index in [1.54, 1.807) is 23.5 Å². The molecule has 0 fully saturated rings. The number of rotatable bonds is 5. The standard InChI is InChI=1S/C14H15F2NS/c1-10(13-5-6-18-9-13)17-8-11-3-2-4-12(7-11)14(15)16/h2-7,9-10,14,17H,8H2,1H3. The summed E-state index contributed by atoms with van der Waals surface area (Å²) >= 11 is 1.66. The molecule has 2 aromatic rings. The van der Waals surface area contributed by atoms with Crippen molar-refractivity contribution < 1.29 is 8.78 Å². The van der Waals surface area contributed by atoms with Gasteiger partial charge in [-0.05, 0) is 40.9 Å². The zero-order valence-corrected chi connectivity index (χ0v) is 10.9. The monoisotopic (exact) mass is 267 g/mol. The van der Waals surface area contributed by atoms with Crippen molar-refractivity contribution in [2.45, 2.75) is 25.9 Å². The van der Waals surface area contributed by atoms with Crippen molar-refractivity contribution in [2.75, 3.05) is 0 Å². The Hall–Kier alpha value is -1.26. The fourth-order valence-electron chi connectivity index (χ4n) is 1.75. The second kappa shape index (κ2) is 6.07. The van der Waals surface area contributed by atoms with Gasteiger partial charge in [0.2, 0.25) is 0 Å². The van der Waals surface area contributed by atoms with E-state index in [2.05, 4.69) is 23.7 Å². The predicted octanol–water partition coefficient (Wildman–Crippen LogP) is 4.54. The van der Waals surface area contributed by atoms with Crippen molar-refractivity contribution in [1.29, 1.82) is 0 Å². The van der Waals surface area contributed by atoms with Crippen molar-refractivity contribution in [2.24, 2.45) is 0 Å².